The summed E-state index contributed by atoms with van der Waals surface area (Å²) in [5, 5.41) is 19.9. The topological polar surface area (TPSA) is 85.3 Å². The van der Waals surface area contributed by atoms with E-state index in [9.17, 15) is 0 Å². The van der Waals surface area contributed by atoms with Crippen LogP contribution >= 0.6 is 0 Å². The SMILES string of the molecule is CCN1CNc2cc3c(NCc4ccc(NCCO)cc4)ncnc3cc21. The molecule has 0 amide bonds. The van der Waals surface area contributed by atoms with E-state index in [1.165, 1.54) is 5.69 Å². The van der Waals surface area contributed by atoms with Gasteiger partial charge in [-0.05, 0) is 36.8 Å². The number of hydrogen-bond donors (Lipinski definition) is 4. The van der Waals surface area contributed by atoms with Crippen LogP contribution in [-0.4, -0.2) is 41.4 Å². The quantitative estimate of drug-likeness (QED) is 0.513. The molecule has 0 saturated heterocycles. The van der Waals surface area contributed by atoms with Crippen LogP contribution in [0.1, 0.15) is 12.5 Å². The second-order valence-electron chi connectivity index (χ2n) is 6.50. The van der Waals surface area contributed by atoms with E-state index < -0.39 is 0 Å². The average Bonchev–Trinajstić information content (AvgIpc) is 3.11. The summed E-state index contributed by atoms with van der Waals surface area (Å²) in [6.45, 7) is 5.30. The van der Waals surface area contributed by atoms with Gasteiger partial charge in [-0.2, -0.15) is 0 Å². The van der Waals surface area contributed by atoms with Gasteiger partial charge in [0.25, 0.3) is 0 Å². The van der Waals surface area contributed by atoms with Crippen molar-refractivity contribution in [1.29, 1.82) is 0 Å². The number of benzene rings is 2. The highest BCUT2D eigenvalue weighted by Crippen LogP contribution is 2.36. The van der Waals surface area contributed by atoms with Gasteiger partial charge < -0.3 is 26.0 Å². The zero-order chi connectivity index (χ0) is 18.6. The highest BCUT2D eigenvalue weighted by molar-refractivity contribution is 5.97. The smallest absolute Gasteiger partial charge is 0.137 e. The molecule has 3 aromatic rings. The molecule has 1 aliphatic heterocycles. The lowest BCUT2D eigenvalue weighted by molar-refractivity contribution is 0.311. The van der Waals surface area contributed by atoms with Crippen LogP contribution in [-0.2, 0) is 6.54 Å². The van der Waals surface area contributed by atoms with Crippen molar-refractivity contribution >= 4 is 33.8 Å². The van der Waals surface area contributed by atoms with Crippen molar-refractivity contribution in [3.05, 3.63) is 48.3 Å². The summed E-state index contributed by atoms with van der Waals surface area (Å²) in [5.41, 5.74) is 5.43. The fourth-order valence-electron chi connectivity index (χ4n) is 3.31. The molecule has 0 saturated carbocycles. The third-order valence-corrected chi connectivity index (χ3v) is 4.79. The van der Waals surface area contributed by atoms with Gasteiger partial charge in [-0.25, -0.2) is 9.97 Å². The second-order valence-corrected chi connectivity index (χ2v) is 6.50. The fraction of sp³-hybridized carbons (Fsp3) is 0.300. The molecule has 1 aromatic heterocycles. The van der Waals surface area contributed by atoms with Crippen molar-refractivity contribution in [3.8, 4) is 0 Å². The molecular weight excluding hydrogens is 340 g/mol. The van der Waals surface area contributed by atoms with Crippen LogP contribution in [0.4, 0.5) is 22.9 Å². The van der Waals surface area contributed by atoms with Gasteiger partial charge in [0.05, 0.1) is 30.2 Å². The summed E-state index contributed by atoms with van der Waals surface area (Å²) in [5.74, 6) is 0.835. The number of aromatic nitrogens is 2. The minimum Gasteiger partial charge on any atom is -0.395 e. The Kier molecular flexibility index (Phi) is 4.93. The van der Waals surface area contributed by atoms with E-state index in [0.29, 0.717) is 13.1 Å². The minimum atomic E-state index is 0.124. The Morgan fingerprint density at radius 1 is 1.15 bits per heavy atom. The summed E-state index contributed by atoms with van der Waals surface area (Å²) in [7, 11) is 0. The average molecular weight is 364 g/mol. The van der Waals surface area contributed by atoms with E-state index in [1.807, 2.05) is 12.1 Å². The van der Waals surface area contributed by atoms with Crippen molar-refractivity contribution in [2.45, 2.75) is 13.5 Å². The van der Waals surface area contributed by atoms with Gasteiger partial charge in [0.15, 0.2) is 0 Å². The lowest BCUT2D eigenvalue weighted by Gasteiger charge is -2.15. The summed E-state index contributed by atoms with van der Waals surface area (Å²) >= 11 is 0. The van der Waals surface area contributed by atoms with E-state index >= 15 is 0 Å². The first-order chi connectivity index (χ1) is 13.3. The molecule has 7 nitrogen and oxygen atoms in total. The zero-order valence-electron chi connectivity index (χ0n) is 15.4. The molecule has 140 valence electrons. The Labute approximate surface area is 158 Å². The van der Waals surface area contributed by atoms with Gasteiger partial charge in [-0.1, -0.05) is 12.1 Å². The summed E-state index contributed by atoms with van der Waals surface area (Å²) < 4.78 is 0. The Bertz CT molecular complexity index is 928. The second kappa shape index (κ2) is 7.67. The van der Waals surface area contributed by atoms with Crippen molar-refractivity contribution in [1.82, 2.24) is 9.97 Å². The number of hydrogen-bond acceptors (Lipinski definition) is 7. The van der Waals surface area contributed by atoms with Crippen LogP contribution in [0.5, 0.6) is 0 Å². The highest BCUT2D eigenvalue weighted by atomic mass is 16.3. The standard InChI is InChI=1S/C20H24N6O/c1-2-26-13-25-18-9-16-17(10-19(18)26)23-12-24-20(16)22-11-14-3-5-15(6-4-14)21-7-8-27/h3-6,9-10,12,21,25,27H,2,7-8,11,13H2,1H3,(H,22,23,24). The number of anilines is 4. The first-order valence-electron chi connectivity index (χ1n) is 9.23. The summed E-state index contributed by atoms with van der Waals surface area (Å²) in [4.78, 5) is 11.2. The molecule has 4 N–H and O–H groups in total. The maximum Gasteiger partial charge on any atom is 0.137 e. The van der Waals surface area contributed by atoms with E-state index in [1.54, 1.807) is 6.33 Å². The molecule has 0 bridgehead atoms. The normalized spacial score (nSPS) is 12.7. The summed E-state index contributed by atoms with van der Waals surface area (Å²) in [6, 6.07) is 12.4. The Hall–Kier alpha value is -3.06. The van der Waals surface area contributed by atoms with Crippen LogP contribution in [0.3, 0.4) is 0 Å². The van der Waals surface area contributed by atoms with Crippen molar-refractivity contribution in [2.75, 3.05) is 47.2 Å². The van der Waals surface area contributed by atoms with Crippen molar-refractivity contribution < 1.29 is 5.11 Å². The maximum atomic E-state index is 8.87. The molecule has 1 aliphatic rings. The minimum absolute atomic E-state index is 0.124. The first kappa shape index (κ1) is 17.4. The monoisotopic (exact) mass is 364 g/mol. The molecule has 0 radical (unpaired) electrons. The highest BCUT2D eigenvalue weighted by Gasteiger charge is 2.19. The van der Waals surface area contributed by atoms with Crippen LogP contribution in [0.2, 0.25) is 0 Å². The maximum absolute atomic E-state index is 8.87. The molecule has 0 spiro atoms. The van der Waals surface area contributed by atoms with Crippen LogP contribution in [0, 0.1) is 0 Å². The largest absolute Gasteiger partial charge is 0.395 e. The van der Waals surface area contributed by atoms with E-state index in [2.05, 4.69) is 62.0 Å². The number of fused-ring (bicyclic) bond motifs is 2. The Morgan fingerprint density at radius 2 is 2.00 bits per heavy atom. The Balaban J connectivity index is 1.52. The molecule has 0 aliphatic carbocycles. The van der Waals surface area contributed by atoms with E-state index in [4.69, 9.17) is 5.11 Å². The molecule has 2 aromatic carbocycles. The van der Waals surface area contributed by atoms with Crippen molar-refractivity contribution in [2.24, 2.45) is 0 Å². The molecule has 4 rings (SSSR count). The van der Waals surface area contributed by atoms with E-state index in [0.717, 1.165) is 46.9 Å². The van der Waals surface area contributed by atoms with Gasteiger partial charge >= 0.3 is 0 Å². The summed E-state index contributed by atoms with van der Waals surface area (Å²) in [6.07, 6.45) is 1.61. The fourth-order valence-corrected chi connectivity index (χ4v) is 3.31. The van der Waals surface area contributed by atoms with Gasteiger partial charge in [0.1, 0.15) is 12.1 Å². The lowest BCUT2D eigenvalue weighted by Crippen LogP contribution is -2.21. The third-order valence-electron chi connectivity index (χ3n) is 4.79. The number of nitrogens with zero attached hydrogens (tertiary/aromatic N) is 3. The molecule has 2 heterocycles. The molecule has 0 atom stereocenters. The van der Waals surface area contributed by atoms with Crippen molar-refractivity contribution in [3.63, 3.8) is 0 Å². The molecular formula is C20H24N6O. The zero-order valence-corrected chi connectivity index (χ0v) is 15.4. The van der Waals surface area contributed by atoms with Gasteiger partial charge in [-0.3, -0.25) is 0 Å². The molecule has 0 unspecified atom stereocenters. The van der Waals surface area contributed by atoms with Crippen LogP contribution in [0.25, 0.3) is 10.9 Å². The molecule has 7 heteroatoms. The number of aliphatic hydroxyl groups excluding tert-OH is 1. The number of aliphatic hydroxyl groups is 1. The predicted molar refractivity (Wildman–Crippen MR) is 110 cm³/mol. The third kappa shape index (κ3) is 3.59. The lowest BCUT2D eigenvalue weighted by atomic mass is 10.1. The van der Waals surface area contributed by atoms with Gasteiger partial charge in [0, 0.05) is 30.7 Å². The van der Waals surface area contributed by atoms with Gasteiger partial charge in [0.2, 0.25) is 0 Å². The molecule has 0 fully saturated rings. The van der Waals surface area contributed by atoms with Crippen LogP contribution in [0.15, 0.2) is 42.7 Å². The first-order valence-corrected chi connectivity index (χ1v) is 9.23. The molecule has 27 heavy (non-hydrogen) atoms. The van der Waals surface area contributed by atoms with Gasteiger partial charge in [-0.15, -0.1) is 0 Å². The van der Waals surface area contributed by atoms with E-state index in [-0.39, 0.29) is 6.61 Å². The Morgan fingerprint density at radius 3 is 2.78 bits per heavy atom. The predicted octanol–water partition coefficient (Wildman–Crippen LogP) is 2.86. The number of rotatable bonds is 7. The van der Waals surface area contributed by atoms with Crippen LogP contribution < -0.4 is 20.9 Å². The number of nitrogens with one attached hydrogen (secondary N) is 3.